The van der Waals surface area contributed by atoms with Gasteiger partial charge in [-0.2, -0.15) is 0 Å². The van der Waals surface area contributed by atoms with Crippen LogP contribution in [0.4, 0.5) is 4.39 Å². The molecule has 2 fully saturated rings. The van der Waals surface area contributed by atoms with E-state index in [1.807, 2.05) is 0 Å². The minimum Gasteiger partial charge on any atom is -0.507 e. The molecule has 0 amide bonds. The number of aromatic nitrogens is 3. The van der Waals surface area contributed by atoms with Gasteiger partial charge in [-0.15, -0.1) is 10.2 Å². The molecule has 0 spiro atoms. The predicted molar refractivity (Wildman–Crippen MR) is 110 cm³/mol. The quantitative estimate of drug-likeness (QED) is 0.690. The van der Waals surface area contributed by atoms with Gasteiger partial charge in [0.15, 0.2) is 6.17 Å². The van der Waals surface area contributed by atoms with E-state index in [-0.39, 0.29) is 29.3 Å². The zero-order chi connectivity index (χ0) is 20.8. The van der Waals surface area contributed by atoms with Crippen LogP contribution >= 0.6 is 0 Å². The lowest BCUT2D eigenvalue weighted by Crippen LogP contribution is -2.59. The number of hydrogen-bond acceptors (Lipinski definition) is 6. The summed E-state index contributed by atoms with van der Waals surface area (Å²) < 4.78 is 22.0. The number of nitrogens with zero attached hydrogens (tertiary/aromatic N) is 3. The molecule has 2 unspecified atom stereocenters. The van der Waals surface area contributed by atoms with Gasteiger partial charge in [0, 0.05) is 43.4 Å². The molecular formula is C22H23FN4O3. The topological polar surface area (TPSA) is 89.3 Å². The first-order valence-corrected chi connectivity index (χ1v) is 10.2. The Morgan fingerprint density at radius 2 is 2.10 bits per heavy atom. The molecule has 2 aromatic heterocycles. The van der Waals surface area contributed by atoms with Gasteiger partial charge in [-0.3, -0.25) is 4.79 Å². The number of ether oxygens (including phenoxy) is 1. The summed E-state index contributed by atoms with van der Waals surface area (Å²) in [5.41, 5.74) is 0.729. The Hall–Kier alpha value is -3.00. The molecule has 1 aromatic carbocycles. The Balaban J connectivity index is 1.39. The molecule has 2 N–H and O–H groups in total. The highest BCUT2D eigenvalue weighted by Gasteiger charge is 2.41. The van der Waals surface area contributed by atoms with Gasteiger partial charge in [-0.05, 0) is 42.5 Å². The zero-order valence-electron chi connectivity index (χ0n) is 16.6. The first-order chi connectivity index (χ1) is 14.5. The van der Waals surface area contributed by atoms with Crippen LogP contribution < -0.4 is 15.6 Å². The van der Waals surface area contributed by atoms with E-state index in [9.17, 15) is 14.3 Å². The van der Waals surface area contributed by atoms with Crippen LogP contribution in [0.1, 0.15) is 25.7 Å². The van der Waals surface area contributed by atoms with E-state index in [1.54, 1.807) is 37.5 Å². The molecule has 5 rings (SSSR count). The minimum absolute atomic E-state index is 0.0521. The molecular weight excluding hydrogens is 387 g/mol. The van der Waals surface area contributed by atoms with Crippen molar-refractivity contribution in [2.45, 2.75) is 50.0 Å². The van der Waals surface area contributed by atoms with Crippen molar-refractivity contribution in [1.82, 2.24) is 20.1 Å². The fourth-order valence-corrected chi connectivity index (χ4v) is 4.54. The van der Waals surface area contributed by atoms with Gasteiger partial charge in [0.05, 0.1) is 11.1 Å². The summed E-state index contributed by atoms with van der Waals surface area (Å²) in [6, 6.07) is 8.41. The fraction of sp³-hybridized carbons (Fsp3) is 0.409. The second kappa shape index (κ2) is 7.36. The van der Waals surface area contributed by atoms with Crippen molar-refractivity contribution >= 4 is 10.8 Å². The molecule has 0 saturated carbocycles. The van der Waals surface area contributed by atoms with Crippen LogP contribution in [0.5, 0.6) is 11.6 Å². The SMILES string of the molecule is Cn1ccc2cc(-c3ccc(O[C@H]4CC5CCCC(N5)[C@H]4F)nn3)c(O)cc2c1=O. The number of phenolic OH excluding ortho intramolecular Hbond substituents is 1. The number of benzene rings is 1. The van der Waals surface area contributed by atoms with E-state index in [4.69, 9.17) is 4.74 Å². The number of piperidine rings is 2. The molecule has 8 heteroatoms. The highest BCUT2D eigenvalue weighted by molar-refractivity contribution is 5.89. The van der Waals surface area contributed by atoms with Gasteiger partial charge >= 0.3 is 0 Å². The number of aryl methyl sites for hydroxylation is 1. The summed E-state index contributed by atoms with van der Waals surface area (Å²) in [4.78, 5) is 12.2. The van der Waals surface area contributed by atoms with Gasteiger partial charge in [0.1, 0.15) is 11.9 Å². The number of rotatable bonds is 3. The van der Waals surface area contributed by atoms with Crippen LogP contribution in [0.3, 0.4) is 0 Å². The molecule has 0 aliphatic carbocycles. The number of aromatic hydroxyl groups is 1. The Morgan fingerprint density at radius 3 is 2.90 bits per heavy atom. The normalized spacial score (nSPS) is 25.9. The van der Waals surface area contributed by atoms with Crippen LogP contribution in [0.25, 0.3) is 22.0 Å². The predicted octanol–water partition coefficient (Wildman–Crippen LogP) is 2.70. The average molecular weight is 410 g/mol. The fourth-order valence-electron chi connectivity index (χ4n) is 4.54. The number of fused-ring (bicyclic) bond motifs is 3. The van der Waals surface area contributed by atoms with Crippen molar-refractivity contribution in [1.29, 1.82) is 0 Å². The first-order valence-electron chi connectivity index (χ1n) is 10.2. The summed E-state index contributed by atoms with van der Waals surface area (Å²) in [5.74, 6) is 0.212. The number of pyridine rings is 1. The number of alkyl halides is 1. The largest absolute Gasteiger partial charge is 0.507 e. The van der Waals surface area contributed by atoms with Crippen molar-refractivity contribution in [3.8, 4) is 22.9 Å². The summed E-state index contributed by atoms with van der Waals surface area (Å²) in [5, 5.41) is 23.2. The molecule has 4 heterocycles. The smallest absolute Gasteiger partial charge is 0.258 e. The maximum atomic E-state index is 14.7. The monoisotopic (exact) mass is 410 g/mol. The van der Waals surface area contributed by atoms with Gasteiger partial charge in [0.25, 0.3) is 5.56 Å². The minimum atomic E-state index is -1.07. The number of hydrogen-bond donors (Lipinski definition) is 2. The van der Waals surface area contributed by atoms with E-state index >= 15 is 0 Å². The van der Waals surface area contributed by atoms with Crippen LogP contribution in [-0.2, 0) is 7.05 Å². The van der Waals surface area contributed by atoms with Gasteiger partial charge < -0.3 is 19.7 Å². The molecule has 4 atom stereocenters. The lowest BCUT2D eigenvalue weighted by Gasteiger charge is -2.42. The van der Waals surface area contributed by atoms with E-state index in [0.717, 1.165) is 19.3 Å². The maximum absolute atomic E-state index is 14.7. The zero-order valence-corrected chi connectivity index (χ0v) is 16.6. The Bertz CT molecular complexity index is 1150. The number of halogens is 1. The Kier molecular flexibility index (Phi) is 4.66. The summed E-state index contributed by atoms with van der Waals surface area (Å²) in [6.07, 6.45) is 3.59. The van der Waals surface area contributed by atoms with Crippen molar-refractivity contribution in [2.75, 3.05) is 0 Å². The molecule has 3 aromatic rings. The highest BCUT2D eigenvalue weighted by atomic mass is 19.1. The molecule has 156 valence electrons. The molecule has 2 bridgehead atoms. The van der Waals surface area contributed by atoms with Crippen molar-refractivity contribution in [3.63, 3.8) is 0 Å². The average Bonchev–Trinajstić information content (AvgIpc) is 2.75. The third kappa shape index (κ3) is 3.31. The van der Waals surface area contributed by atoms with Crippen molar-refractivity contribution in [2.24, 2.45) is 7.05 Å². The van der Waals surface area contributed by atoms with E-state index < -0.39 is 12.3 Å². The van der Waals surface area contributed by atoms with Crippen LogP contribution in [-0.4, -0.2) is 44.2 Å². The molecule has 30 heavy (non-hydrogen) atoms. The molecule has 0 radical (unpaired) electrons. The lowest BCUT2D eigenvalue weighted by atomic mass is 9.84. The second-order valence-corrected chi connectivity index (χ2v) is 8.18. The highest BCUT2D eigenvalue weighted by Crippen LogP contribution is 2.33. The summed E-state index contributed by atoms with van der Waals surface area (Å²) in [6.45, 7) is 0. The van der Waals surface area contributed by atoms with Crippen LogP contribution in [0.15, 0.2) is 41.3 Å². The lowest BCUT2D eigenvalue weighted by molar-refractivity contribution is 0.00652. The number of nitrogens with one attached hydrogen (secondary N) is 1. The maximum Gasteiger partial charge on any atom is 0.258 e. The van der Waals surface area contributed by atoms with Gasteiger partial charge in [-0.1, -0.05) is 6.42 Å². The summed E-state index contributed by atoms with van der Waals surface area (Å²) >= 11 is 0. The molecule has 2 aliphatic heterocycles. The van der Waals surface area contributed by atoms with E-state index in [2.05, 4.69) is 15.5 Å². The van der Waals surface area contributed by atoms with Gasteiger partial charge in [0.2, 0.25) is 5.88 Å². The number of phenols is 1. The first kappa shape index (κ1) is 19.0. The molecule has 2 saturated heterocycles. The van der Waals surface area contributed by atoms with Crippen molar-refractivity contribution < 1.29 is 14.2 Å². The Morgan fingerprint density at radius 1 is 1.23 bits per heavy atom. The van der Waals surface area contributed by atoms with Crippen LogP contribution in [0.2, 0.25) is 0 Å². The summed E-state index contributed by atoms with van der Waals surface area (Å²) in [7, 11) is 1.66. The van der Waals surface area contributed by atoms with Crippen molar-refractivity contribution in [3.05, 3.63) is 46.9 Å². The third-order valence-electron chi connectivity index (χ3n) is 6.16. The van der Waals surface area contributed by atoms with Crippen LogP contribution in [0, 0.1) is 0 Å². The Labute approximate surface area is 172 Å². The van der Waals surface area contributed by atoms with E-state index in [0.29, 0.717) is 28.5 Å². The second-order valence-electron chi connectivity index (χ2n) is 8.18. The van der Waals surface area contributed by atoms with E-state index in [1.165, 1.54) is 10.6 Å². The third-order valence-corrected chi connectivity index (χ3v) is 6.16. The molecule has 7 nitrogen and oxygen atoms in total. The van der Waals surface area contributed by atoms with Gasteiger partial charge in [-0.25, -0.2) is 4.39 Å². The standard InChI is InChI=1S/C22H23FN4O3/c1-27-8-7-12-9-15(18(28)11-14(12)22(27)29)16-5-6-20(26-25-16)30-19-10-13-3-2-4-17(24-13)21(19)23/h5-9,11,13,17,19,21,24,28H,2-4,10H2,1H3/t13?,17?,19-,21+/m0/s1. The molecule has 2 aliphatic rings.